The molecule has 172 valence electrons. The van der Waals surface area contributed by atoms with Gasteiger partial charge in [0.15, 0.2) is 10.1 Å². The number of halogens is 2. The summed E-state index contributed by atoms with van der Waals surface area (Å²) in [4.78, 5) is 15.1. The molecule has 1 atom stereocenters. The molecule has 1 aromatic heterocycles. The maximum atomic E-state index is 15.0. The number of allylic oxidation sites excluding steroid dienone is 3. The molecule has 1 unspecified atom stereocenters. The Morgan fingerprint density at radius 1 is 1.36 bits per heavy atom. The Morgan fingerprint density at radius 2 is 2.09 bits per heavy atom. The number of nitrogens with two attached hydrogens (primary N) is 1. The fourth-order valence-corrected chi connectivity index (χ4v) is 6.72. The number of rotatable bonds is 4. The van der Waals surface area contributed by atoms with Crippen LogP contribution in [0.15, 0.2) is 45.2 Å². The number of carbonyl (C=O) groups excluding carboxylic acids is 1. The van der Waals surface area contributed by atoms with Gasteiger partial charge in [-0.3, -0.25) is 9.69 Å². The van der Waals surface area contributed by atoms with Crippen LogP contribution in [0.3, 0.4) is 0 Å². The second-order valence-corrected chi connectivity index (χ2v) is 12.3. The molecule has 0 bridgehead atoms. The smallest absolute Gasteiger partial charge is 0.219 e. The molecule has 0 amide bonds. The molecule has 2 aromatic rings. The predicted octanol–water partition coefficient (Wildman–Crippen LogP) is 5.77. The summed E-state index contributed by atoms with van der Waals surface area (Å²) in [6, 6.07) is 6.44. The first kappa shape index (κ1) is 23.7. The molecular formula is C23H23ClFN5OS2. The van der Waals surface area contributed by atoms with Crippen molar-refractivity contribution in [3.8, 4) is 6.07 Å². The highest BCUT2D eigenvalue weighted by molar-refractivity contribution is 8.01. The van der Waals surface area contributed by atoms with Crippen molar-refractivity contribution in [2.45, 2.75) is 56.0 Å². The number of hydrogen-bond donors (Lipinski definition) is 1. The van der Waals surface area contributed by atoms with Crippen LogP contribution in [0.1, 0.15) is 52.0 Å². The number of ketones is 1. The molecule has 4 rings (SSSR count). The van der Waals surface area contributed by atoms with Crippen LogP contribution in [-0.4, -0.2) is 21.2 Å². The Morgan fingerprint density at radius 3 is 2.73 bits per heavy atom. The van der Waals surface area contributed by atoms with Crippen molar-refractivity contribution in [2.24, 2.45) is 11.1 Å². The Balaban J connectivity index is 1.98. The fourth-order valence-electron chi connectivity index (χ4n) is 4.34. The summed E-state index contributed by atoms with van der Waals surface area (Å²) in [5.74, 6) is -1.60. The van der Waals surface area contributed by atoms with E-state index in [1.807, 2.05) is 13.8 Å². The first-order chi connectivity index (χ1) is 15.5. The quantitative estimate of drug-likeness (QED) is 0.529. The van der Waals surface area contributed by atoms with Crippen LogP contribution in [0.4, 0.5) is 9.52 Å². The van der Waals surface area contributed by atoms with Gasteiger partial charge in [0.2, 0.25) is 5.13 Å². The van der Waals surface area contributed by atoms with Crippen LogP contribution in [-0.2, 0) is 4.79 Å². The number of hydrogen-bond acceptors (Lipinski definition) is 8. The van der Waals surface area contributed by atoms with Gasteiger partial charge in [-0.2, -0.15) is 5.26 Å². The number of Topliss-reactive ketones (excluding diaryl/α,β-unsaturated/α-hetero) is 1. The van der Waals surface area contributed by atoms with Gasteiger partial charge < -0.3 is 5.73 Å². The summed E-state index contributed by atoms with van der Waals surface area (Å²) in [6.45, 7) is 8.11. The summed E-state index contributed by atoms with van der Waals surface area (Å²) in [6.07, 6.45) is 0.772. The number of benzene rings is 1. The van der Waals surface area contributed by atoms with E-state index in [0.29, 0.717) is 28.1 Å². The Hall–Kier alpha value is -2.41. The second kappa shape index (κ2) is 8.75. The first-order valence-corrected chi connectivity index (χ1v) is 12.5. The average molecular weight is 504 g/mol. The molecule has 1 aliphatic heterocycles. The summed E-state index contributed by atoms with van der Waals surface area (Å²) >= 11 is 9.30. The number of nitriles is 1. The van der Waals surface area contributed by atoms with Crippen LogP contribution in [0.5, 0.6) is 0 Å². The van der Waals surface area contributed by atoms with Crippen LogP contribution in [0, 0.1) is 22.6 Å². The van der Waals surface area contributed by atoms with E-state index in [9.17, 15) is 10.1 Å². The normalized spacial score (nSPS) is 20.4. The highest BCUT2D eigenvalue weighted by atomic mass is 35.5. The largest absolute Gasteiger partial charge is 0.384 e. The monoisotopic (exact) mass is 503 g/mol. The molecule has 0 saturated carbocycles. The zero-order chi connectivity index (χ0) is 24.1. The number of carbonyl (C=O) groups is 1. The molecule has 0 radical (unpaired) electrons. The van der Waals surface area contributed by atoms with Crippen molar-refractivity contribution in [3.63, 3.8) is 0 Å². The van der Waals surface area contributed by atoms with Gasteiger partial charge in [-0.1, -0.05) is 68.5 Å². The zero-order valence-corrected chi connectivity index (χ0v) is 21.0. The number of aromatic nitrogens is 2. The van der Waals surface area contributed by atoms with Crippen LogP contribution in [0.2, 0.25) is 5.02 Å². The molecule has 1 aliphatic carbocycles. The minimum Gasteiger partial charge on any atom is -0.384 e. The summed E-state index contributed by atoms with van der Waals surface area (Å²) in [5, 5.41) is 19.6. The van der Waals surface area contributed by atoms with Gasteiger partial charge in [-0.05, 0) is 24.0 Å². The van der Waals surface area contributed by atoms with Crippen LogP contribution < -0.4 is 10.6 Å². The van der Waals surface area contributed by atoms with E-state index >= 15 is 4.39 Å². The third kappa shape index (κ3) is 4.27. The third-order valence-electron chi connectivity index (χ3n) is 5.59. The molecule has 2 aliphatic rings. The molecule has 10 heteroatoms. The maximum Gasteiger partial charge on any atom is 0.219 e. The van der Waals surface area contributed by atoms with Crippen LogP contribution in [0.25, 0.3) is 0 Å². The lowest BCUT2D eigenvalue weighted by atomic mass is 9.68. The maximum absolute atomic E-state index is 15.0. The van der Waals surface area contributed by atoms with Gasteiger partial charge in [0.05, 0.1) is 17.6 Å². The van der Waals surface area contributed by atoms with E-state index < -0.39 is 11.7 Å². The molecule has 0 spiro atoms. The lowest BCUT2D eigenvalue weighted by molar-refractivity contribution is -0.118. The molecule has 2 heterocycles. The van der Waals surface area contributed by atoms with E-state index in [0.717, 1.165) is 4.34 Å². The third-order valence-corrected chi connectivity index (χ3v) is 7.92. The summed E-state index contributed by atoms with van der Waals surface area (Å²) < 4.78 is 15.8. The fraction of sp³-hybridized carbons (Fsp3) is 0.391. The molecule has 33 heavy (non-hydrogen) atoms. The lowest BCUT2D eigenvalue weighted by Gasteiger charge is -2.42. The highest BCUT2D eigenvalue weighted by Crippen LogP contribution is 2.52. The highest BCUT2D eigenvalue weighted by Gasteiger charge is 2.46. The summed E-state index contributed by atoms with van der Waals surface area (Å²) in [5.41, 5.74) is 7.33. The predicted molar refractivity (Wildman–Crippen MR) is 129 cm³/mol. The Bertz CT molecular complexity index is 1220. The molecule has 0 fully saturated rings. The Kier molecular flexibility index (Phi) is 6.29. The van der Waals surface area contributed by atoms with Gasteiger partial charge in [0.1, 0.15) is 11.6 Å². The zero-order valence-electron chi connectivity index (χ0n) is 18.6. The van der Waals surface area contributed by atoms with Crippen molar-refractivity contribution in [3.05, 3.63) is 57.3 Å². The van der Waals surface area contributed by atoms with E-state index in [2.05, 4.69) is 30.1 Å². The van der Waals surface area contributed by atoms with E-state index in [4.69, 9.17) is 17.3 Å². The Labute approximate surface area is 205 Å². The second-order valence-electron chi connectivity index (χ2n) is 9.13. The van der Waals surface area contributed by atoms with Crippen molar-refractivity contribution < 1.29 is 9.18 Å². The van der Waals surface area contributed by atoms with Gasteiger partial charge in [0, 0.05) is 33.5 Å². The van der Waals surface area contributed by atoms with Crippen molar-refractivity contribution in [1.29, 1.82) is 5.26 Å². The number of thioether (sulfide) groups is 1. The van der Waals surface area contributed by atoms with Gasteiger partial charge >= 0.3 is 0 Å². The van der Waals surface area contributed by atoms with E-state index in [-0.39, 0.29) is 39.6 Å². The van der Waals surface area contributed by atoms with Gasteiger partial charge in [-0.25, -0.2) is 4.39 Å². The molecule has 2 N–H and O–H groups in total. The minimum atomic E-state index is -0.976. The molecular weight excluding hydrogens is 481 g/mol. The van der Waals surface area contributed by atoms with Gasteiger partial charge in [0.25, 0.3) is 0 Å². The summed E-state index contributed by atoms with van der Waals surface area (Å²) in [7, 11) is 0. The number of nitrogens with zero attached hydrogens (tertiary/aromatic N) is 4. The van der Waals surface area contributed by atoms with Crippen LogP contribution >= 0.6 is 34.7 Å². The standard InChI is InChI=1S/C23H23ClFN5OS2/c1-11(2)32-22-29-28-21(33-22)30-15-8-23(3,4)9-16(31)19(15)17(12(10-26)20(30)27)18-13(24)6-5-7-14(18)25/h5-7,11,17H,8-9,27H2,1-4H3. The van der Waals surface area contributed by atoms with Crippen molar-refractivity contribution >= 4 is 45.6 Å². The van der Waals surface area contributed by atoms with E-state index in [1.165, 1.54) is 23.5 Å². The molecule has 0 saturated heterocycles. The van der Waals surface area contributed by atoms with Gasteiger partial charge in [-0.15, -0.1) is 10.2 Å². The number of anilines is 1. The van der Waals surface area contributed by atoms with Crippen molar-refractivity contribution in [2.75, 3.05) is 4.90 Å². The molecule has 6 nitrogen and oxygen atoms in total. The SMILES string of the molecule is CC(C)Sc1nnc(N2C(N)=C(C#N)C(c3c(F)cccc3Cl)C3=C2CC(C)(C)CC3=O)s1. The van der Waals surface area contributed by atoms with E-state index in [1.54, 1.807) is 22.7 Å². The minimum absolute atomic E-state index is 0.0714. The molecule has 1 aromatic carbocycles. The van der Waals surface area contributed by atoms with Crippen molar-refractivity contribution in [1.82, 2.24) is 10.2 Å². The topological polar surface area (TPSA) is 95.9 Å². The lowest BCUT2D eigenvalue weighted by Crippen LogP contribution is -2.42. The first-order valence-electron chi connectivity index (χ1n) is 10.4. The average Bonchev–Trinajstić information content (AvgIpc) is 3.13.